The van der Waals surface area contributed by atoms with E-state index in [1.807, 2.05) is 24.3 Å². The number of nitrogens with zero attached hydrogens (tertiary/aromatic N) is 2. The third-order valence-corrected chi connectivity index (χ3v) is 6.64. The number of aromatic nitrogens is 2. The van der Waals surface area contributed by atoms with Crippen LogP contribution < -0.4 is 10.9 Å². The van der Waals surface area contributed by atoms with Gasteiger partial charge in [-0.2, -0.15) is 0 Å². The Balaban J connectivity index is 1.61. The van der Waals surface area contributed by atoms with E-state index in [0.29, 0.717) is 5.75 Å². The molecule has 1 aromatic carbocycles. The molecule has 0 bridgehead atoms. The van der Waals surface area contributed by atoms with Gasteiger partial charge in [-0.25, -0.2) is 4.98 Å². The fraction of sp³-hybridized carbons (Fsp3) is 0.316. The van der Waals surface area contributed by atoms with E-state index in [1.165, 1.54) is 18.2 Å². The van der Waals surface area contributed by atoms with Crippen LogP contribution in [0.25, 0.3) is 4.96 Å². The van der Waals surface area contributed by atoms with E-state index >= 15 is 0 Å². The lowest BCUT2D eigenvalue weighted by Gasteiger charge is -2.10. The van der Waals surface area contributed by atoms with Gasteiger partial charge in [-0.3, -0.25) is 14.0 Å². The van der Waals surface area contributed by atoms with Crippen molar-refractivity contribution in [3.63, 3.8) is 0 Å². The summed E-state index contributed by atoms with van der Waals surface area (Å²) in [4.78, 5) is 31.8. The van der Waals surface area contributed by atoms with Crippen LogP contribution in [0.5, 0.6) is 0 Å². The van der Waals surface area contributed by atoms with Gasteiger partial charge in [0.2, 0.25) is 5.91 Å². The van der Waals surface area contributed by atoms with Crippen LogP contribution in [-0.4, -0.2) is 15.3 Å². The van der Waals surface area contributed by atoms with Gasteiger partial charge in [-0.15, -0.1) is 23.1 Å². The zero-order chi connectivity index (χ0) is 18.1. The second kappa shape index (κ2) is 7.25. The topological polar surface area (TPSA) is 63.5 Å². The van der Waals surface area contributed by atoms with Crippen molar-refractivity contribution in [1.29, 1.82) is 0 Å². The standard InChI is InChI=1S/C19H19N3O2S2/c1-12(23)20-14-6-2-4-8-16(14)25-11-13-10-18(24)22-15-7-3-5-9-17(15)26-19(22)21-13/h2,4,6,8,10H,3,5,7,9,11H2,1H3,(H,20,23). The first kappa shape index (κ1) is 17.3. The summed E-state index contributed by atoms with van der Waals surface area (Å²) in [6, 6.07) is 9.31. The number of fused-ring (bicyclic) bond motifs is 3. The monoisotopic (exact) mass is 385 g/mol. The molecule has 0 atom stereocenters. The van der Waals surface area contributed by atoms with Gasteiger partial charge in [-0.05, 0) is 37.8 Å². The third-order valence-electron chi connectivity index (χ3n) is 4.39. The zero-order valence-corrected chi connectivity index (χ0v) is 16.1. The summed E-state index contributed by atoms with van der Waals surface area (Å²) in [6.45, 7) is 1.50. The van der Waals surface area contributed by atoms with Crippen LogP contribution in [0.2, 0.25) is 0 Å². The van der Waals surface area contributed by atoms with Gasteiger partial charge in [-0.1, -0.05) is 12.1 Å². The van der Waals surface area contributed by atoms with E-state index in [1.54, 1.807) is 33.6 Å². The molecule has 1 aliphatic carbocycles. The first-order valence-electron chi connectivity index (χ1n) is 8.64. The van der Waals surface area contributed by atoms with Crippen molar-refractivity contribution >= 4 is 39.7 Å². The van der Waals surface area contributed by atoms with Gasteiger partial charge >= 0.3 is 0 Å². The number of carbonyl (C=O) groups excluding carboxylic acids is 1. The molecule has 1 N–H and O–H groups in total. The first-order chi connectivity index (χ1) is 12.6. The molecule has 1 amide bonds. The molecule has 2 heterocycles. The Kier molecular flexibility index (Phi) is 4.82. The Labute approximate surface area is 159 Å². The summed E-state index contributed by atoms with van der Waals surface area (Å²) >= 11 is 3.22. The smallest absolute Gasteiger partial charge is 0.259 e. The van der Waals surface area contributed by atoms with Crippen LogP contribution in [-0.2, 0) is 23.4 Å². The van der Waals surface area contributed by atoms with Crippen LogP contribution >= 0.6 is 23.1 Å². The van der Waals surface area contributed by atoms with E-state index in [0.717, 1.165) is 46.2 Å². The Morgan fingerprint density at radius 3 is 2.96 bits per heavy atom. The first-order valence-corrected chi connectivity index (χ1v) is 10.4. The Bertz CT molecular complexity index is 1040. The van der Waals surface area contributed by atoms with Crippen LogP contribution in [0.15, 0.2) is 40.0 Å². The summed E-state index contributed by atoms with van der Waals surface area (Å²) in [5.74, 6) is 0.491. The molecule has 2 aromatic heterocycles. The number of nitrogens with one attached hydrogen (secondary N) is 1. The third kappa shape index (κ3) is 3.41. The number of anilines is 1. The lowest BCUT2D eigenvalue weighted by molar-refractivity contribution is -0.114. The van der Waals surface area contributed by atoms with Crippen LogP contribution in [0.3, 0.4) is 0 Å². The van der Waals surface area contributed by atoms with Gasteiger partial charge in [0.05, 0.1) is 11.4 Å². The molecule has 5 nitrogen and oxygen atoms in total. The minimum atomic E-state index is -0.0972. The largest absolute Gasteiger partial charge is 0.325 e. The molecule has 0 fully saturated rings. The number of amides is 1. The number of hydrogen-bond acceptors (Lipinski definition) is 5. The predicted octanol–water partition coefficient (Wildman–Crippen LogP) is 3.89. The fourth-order valence-corrected chi connectivity index (χ4v) is 5.39. The quantitative estimate of drug-likeness (QED) is 0.692. The van der Waals surface area contributed by atoms with Crippen molar-refractivity contribution in [1.82, 2.24) is 9.38 Å². The van der Waals surface area contributed by atoms with Crippen LogP contribution in [0.1, 0.15) is 36.0 Å². The van der Waals surface area contributed by atoms with Crippen molar-refractivity contribution in [2.24, 2.45) is 0 Å². The maximum atomic E-state index is 12.6. The highest BCUT2D eigenvalue weighted by atomic mass is 32.2. The van der Waals surface area contributed by atoms with E-state index in [9.17, 15) is 9.59 Å². The van der Waals surface area contributed by atoms with Gasteiger partial charge in [0.15, 0.2) is 4.96 Å². The number of rotatable bonds is 4. The van der Waals surface area contributed by atoms with E-state index in [-0.39, 0.29) is 11.5 Å². The summed E-state index contributed by atoms with van der Waals surface area (Å²) < 4.78 is 1.79. The average molecular weight is 386 g/mol. The minimum Gasteiger partial charge on any atom is -0.325 e. The zero-order valence-electron chi connectivity index (χ0n) is 14.4. The Hall–Kier alpha value is -2.12. The molecule has 0 spiro atoms. The Morgan fingerprint density at radius 2 is 2.12 bits per heavy atom. The molecular weight excluding hydrogens is 366 g/mol. The Morgan fingerprint density at radius 1 is 1.31 bits per heavy atom. The molecule has 26 heavy (non-hydrogen) atoms. The highest BCUT2D eigenvalue weighted by Gasteiger charge is 2.18. The number of aryl methyl sites for hydroxylation is 2. The van der Waals surface area contributed by atoms with Crippen molar-refractivity contribution in [3.05, 3.63) is 57.0 Å². The highest BCUT2D eigenvalue weighted by Crippen LogP contribution is 2.31. The number of carbonyl (C=O) groups is 1. The highest BCUT2D eigenvalue weighted by molar-refractivity contribution is 7.98. The maximum absolute atomic E-state index is 12.6. The number of hydrogen-bond donors (Lipinski definition) is 1. The summed E-state index contributed by atoms with van der Waals surface area (Å²) in [5, 5.41) is 2.84. The number of thiazole rings is 1. The van der Waals surface area contributed by atoms with Crippen molar-refractivity contribution in [3.8, 4) is 0 Å². The molecular formula is C19H19N3O2S2. The lowest BCUT2D eigenvalue weighted by Crippen LogP contribution is -2.17. The molecule has 0 saturated heterocycles. The summed E-state index contributed by atoms with van der Waals surface area (Å²) in [7, 11) is 0. The molecule has 0 unspecified atom stereocenters. The molecule has 7 heteroatoms. The number of para-hydroxylation sites is 1. The molecule has 134 valence electrons. The van der Waals surface area contributed by atoms with Crippen molar-refractivity contribution in [2.75, 3.05) is 5.32 Å². The normalized spacial score (nSPS) is 13.6. The van der Waals surface area contributed by atoms with E-state index in [4.69, 9.17) is 4.98 Å². The molecule has 0 radical (unpaired) electrons. The molecule has 0 saturated carbocycles. The average Bonchev–Trinajstić information content (AvgIpc) is 2.99. The number of thioether (sulfide) groups is 1. The lowest BCUT2D eigenvalue weighted by atomic mass is 10.0. The molecule has 4 rings (SSSR count). The van der Waals surface area contributed by atoms with Crippen LogP contribution in [0.4, 0.5) is 5.69 Å². The summed E-state index contributed by atoms with van der Waals surface area (Å²) in [5.41, 5.74) is 2.73. The van der Waals surface area contributed by atoms with Gasteiger partial charge in [0.25, 0.3) is 5.56 Å². The van der Waals surface area contributed by atoms with E-state index in [2.05, 4.69) is 5.32 Å². The van der Waals surface area contributed by atoms with Crippen molar-refractivity contribution in [2.45, 2.75) is 43.3 Å². The van der Waals surface area contributed by atoms with Gasteiger partial charge in [0, 0.05) is 34.2 Å². The molecule has 0 aliphatic heterocycles. The second-order valence-electron chi connectivity index (χ2n) is 6.35. The minimum absolute atomic E-state index is 0.0140. The maximum Gasteiger partial charge on any atom is 0.259 e. The van der Waals surface area contributed by atoms with Gasteiger partial charge in [0.1, 0.15) is 0 Å². The summed E-state index contributed by atoms with van der Waals surface area (Å²) in [6.07, 6.45) is 4.35. The van der Waals surface area contributed by atoms with Crippen molar-refractivity contribution < 1.29 is 4.79 Å². The second-order valence-corrected chi connectivity index (χ2v) is 8.43. The fourth-order valence-electron chi connectivity index (χ4n) is 3.25. The SMILES string of the molecule is CC(=O)Nc1ccccc1SCc1cc(=O)n2c3c(sc2n1)CCCC3. The molecule has 1 aliphatic rings. The van der Waals surface area contributed by atoms with E-state index < -0.39 is 0 Å². The molecule has 3 aromatic rings. The number of benzene rings is 1. The van der Waals surface area contributed by atoms with Crippen LogP contribution in [0, 0.1) is 0 Å². The predicted molar refractivity (Wildman–Crippen MR) is 106 cm³/mol. The van der Waals surface area contributed by atoms with Gasteiger partial charge < -0.3 is 5.32 Å².